The zero-order chi connectivity index (χ0) is 15.2. The molecule has 1 atom stereocenters. The van der Waals surface area contributed by atoms with Crippen LogP contribution in [-0.2, 0) is 23.1 Å². The van der Waals surface area contributed by atoms with E-state index in [1.807, 2.05) is 6.07 Å². The van der Waals surface area contributed by atoms with E-state index in [1.165, 1.54) is 12.1 Å². The van der Waals surface area contributed by atoms with Crippen molar-refractivity contribution in [3.63, 3.8) is 0 Å². The molecule has 2 aromatic carbocycles. The minimum atomic E-state index is -0.947. The molecular weight excluding hydrogens is 289 g/mol. The number of rotatable bonds is 5. The molecule has 1 amide bonds. The summed E-state index contributed by atoms with van der Waals surface area (Å²) in [4.78, 5) is 12.1. The van der Waals surface area contributed by atoms with Crippen LogP contribution in [0.2, 0.25) is 0 Å². The SMILES string of the molecule is CS(=O)Cc1cccc(C(=O)NCc2cccc(F)c2)c1. The lowest BCUT2D eigenvalue weighted by atomic mass is 10.1. The maximum absolute atomic E-state index is 13.0. The molecule has 0 aliphatic heterocycles. The molecule has 0 aliphatic carbocycles. The largest absolute Gasteiger partial charge is 0.348 e. The number of nitrogens with one attached hydrogen (secondary N) is 1. The van der Waals surface area contributed by atoms with E-state index >= 15 is 0 Å². The molecule has 0 aliphatic rings. The van der Waals surface area contributed by atoms with Crippen molar-refractivity contribution < 1.29 is 13.4 Å². The average Bonchev–Trinajstić information content (AvgIpc) is 2.44. The molecule has 0 radical (unpaired) electrons. The summed E-state index contributed by atoms with van der Waals surface area (Å²) in [5, 5.41) is 2.74. The zero-order valence-corrected chi connectivity index (χ0v) is 12.5. The van der Waals surface area contributed by atoms with Gasteiger partial charge < -0.3 is 5.32 Å². The topological polar surface area (TPSA) is 46.2 Å². The zero-order valence-electron chi connectivity index (χ0n) is 11.6. The number of carbonyl (C=O) groups is 1. The van der Waals surface area contributed by atoms with E-state index < -0.39 is 10.8 Å². The Hall–Kier alpha value is -2.01. The van der Waals surface area contributed by atoms with Gasteiger partial charge in [0, 0.05) is 34.9 Å². The van der Waals surface area contributed by atoms with E-state index in [1.54, 1.807) is 36.6 Å². The highest BCUT2D eigenvalue weighted by Crippen LogP contribution is 2.08. The van der Waals surface area contributed by atoms with Crippen molar-refractivity contribution in [1.82, 2.24) is 5.32 Å². The predicted molar refractivity (Wildman–Crippen MR) is 81.8 cm³/mol. The summed E-state index contributed by atoms with van der Waals surface area (Å²) in [6.07, 6.45) is 1.62. The predicted octanol–water partition coefficient (Wildman–Crippen LogP) is 2.63. The van der Waals surface area contributed by atoms with Crippen molar-refractivity contribution in [3.8, 4) is 0 Å². The lowest BCUT2D eigenvalue weighted by Crippen LogP contribution is -2.22. The number of halogens is 1. The molecule has 0 fully saturated rings. The number of carbonyl (C=O) groups excluding carboxylic acids is 1. The lowest BCUT2D eigenvalue weighted by Gasteiger charge is -2.07. The van der Waals surface area contributed by atoms with Gasteiger partial charge in [-0.3, -0.25) is 9.00 Å². The van der Waals surface area contributed by atoms with Crippen molar-refractivity contribution in [1.29, 1.82) is 0 Å². The maximum atomic E-state index is 13.0. The molecule has 0 heterocycles. The van der Waals surface area contributed by atoms with Gasteiger partial charge in [-0.2, -0.15) is 0 Å². The standard InChI is InChI=1S/C16H16FNO2S/c1-21(20)11-13-5-2-6-14(8-13)16(19)18-10-12-4-3-7-15(17)9-12/h2-9H,10-11H2,1H3,(H,18,19). The van der Waals surface area contributed by atoms with Gasteiger partial charge in [0.2, 0.25) is 0 Å². The van der Waals surface area contributed by atoms with Crippen LogP contribution in [0.25, 0.3) is 0 Å². The smallest absolute Gasteiger partial charge is 0.251 e. The molecule has 0 aromatic heterocycles. The highest BCUT2D eigenvalue weighted by molar-refractivity contribution is 7.83. The molecule has 5 heteroatoms. The molecule has 2 aromatic rings. The van der Waals surface area contributed by atoms with Crippen LogP contribution in [0.3, 0.4) is 0 Å². The minimum Gasteiger partial charge on any atom is -0.348 e. The molecule has 2 rings (SSSR count). The number of hydrogen-bond acceptors (Lipinski definition) is 2. The van der Waals surface area contributed by atoms with Crippen LogP contribution in [-0.4, -0.2) is 16.4 Å². The summed E-state index contributed by atoms with van der Waals surface area (Å²) < 4.78 is 24.3. The van der Waals surface area contributed by atoms with Crippen molar-refractivity contribution in [2.24, 2.45) is 0 Å². The molecule has 0 bridgehead atoms. The molecule has 1 N–H and O–H groups in total. The second-order valence-corrected chi connectivity index (χ2v) is 6.17. The summed E-state index contributed by atoms with van der Waals surface area (Å²) in [5.41, 5.74) is 2.07. The van der Waals surface area contributed by atoms with E-state index in [0.29, 0.717) is 16.9 Å². The second-order valence-electron chi connectivity index (χ2n) is 4.73. The van der Waals surface area contributed by atoms with Gasteiger partial charge in [0.1, 0.15) is 5.82 Å². The van der Waals surface area contributed by atoms with Crippen LogP contribution >= 0.6 is 0 Å². The summed E-state index contributed by atoms with van der Waals surface area (Å²) in [6, 6.07) is 13.1. The fourth-order valence-corrected chi connectivity index (χ4v) is 2.62. The first-order chi connectivity index (χ1) is 10.0. The summed E-state index contributed by atoms with van der Waals surface area (Å²) in [7, 11) is -0.947. The Labute approximate surface area is 125 Å². The third-order valence-electron chi connectivity index (χ3n) is 2.90. The van der Waals surface area contributed by atoms with Crippen molar-refractivity contribution in [2.75, 3.05) is 6.26 Å². The number of amides is 1. The van der Waals surface area contributed by atoms with E-state index in [4.69, 9.17) is 0 Å². The normalized spacial score (nSPS) is 11.9. The Morgan fingerprint density at radius 1 is 1.14 bits per heavy atom. The van der Waals surface area contributed by atoms with Gasteiger partial charge in [-0.15, -0.1) is 0 Å². The van der Waals surface area contributed by atoms with Gasteiger partial charge in [-0.1, -0.05) is 24.3 Å². The summed E-state index contributed by atoms with van der Waals surface area (Å²) in [6.45, 7) is 0.264. The monoisotopic (exact) mass is 305 g/mol. The fraction of sp³-hybridized carbons (Fsp3) is 0.188. The van der Waals surface area contributed by atoms with Gasteiger partial charge >= 0.3 is 0 Å². The van der Waals surface area contributed by atoms with Crippen molar-refractivity contribution >= 4 is 16.7 Å². The fourth-order valence-electron chi connectivity index (χ4n) is 1.97. The van der Waals surface area contributed by atoms with E-state index in [0.717, 1.165) is 5.56 Å². The second kappa shape index (κ2) is 7.13. The molecule has 0 spiro atoms. The van der Waals surface area contributed by atoms with Crippen LogP contribution < -0.4 is 5.32 Å². The Morgan fingerprint density at radius 2 is 1.86 bits per heavy atom. The van der Waals surface area contributed by atoms with Crippen LogP contribution in [0.15, 0.2) is 48.5 Å². The summed E-state index contributed by atoms with van der Waals surface area (Å²) in [5.74, 6) is -0.137. The van der Waals surface area contributed by atoms with Crippen LogP contribution in [0.4, 0.5) is 4.39 Å². The van der Waals surface area contributed by atoms with Gasteiger partial charge in [-0.25, -0.2) is 4.39 Å². The quantitative estimate of drug-likeness (QED) is 0.923. The first-order valence-electron chi connectivity index (χ1n) is 6.46. The maximum Gasteiger partial charge on any atom is 0.251 e. The minimum absolute atomic E-state index is 0.233. The first kappa shape index (κ1) is 15.4. The Bertz CT molecular complexity index is 673. The average molecular weight is 305 g/mol. The van der Waals surface area contributed by atoms with Gasteiger partial charge in [0.05, 0.1) is 0 Å². The van der Waals surface area contributed by atoms with Crippen molar-refractivity contribution in [3.05, 3.63) is 71.0 Å². The Balaban J connectivity index is 2.01. The molecular formula is C16H16FNO2S. The van der Waals surface area contributed by atoms with E-state index in [-0.39, 0.29) is 18.3 Å². The van der Waals surface area contributed by atoms with Crippen LogP contribution in [0.1, 0.15) is 21.5 Å². The Kier molecular flexibility index (Phi) is 5.22. The van der Waals surface area contributed by atoms with E-state index in [2.05, 4.69) is 5.32 Å². The highest BCUT2D eigenvalue weighted by atomic mass is 32.2. The van der Waals surface area contributed by atoms with Gasteiger partial charge in [-0.05, 0) is 35.4 Å². The summed E-state index contributed by atoms with van der Waals surface area (Å²) >= 11 is 0. The van der Waals surface area contributed by atoms with Gasteiger partial charge in [0.25, 0.3) is 5.91 Å². The number of benzene rings is 2. The molecule has 110 valence electrons. The lowest BCUT2D eigenvalue weighted by molar-refractivity contribution is 0.0950. The van der Waals surface area contributed by atoms with Crippen LogP contribution in [0, 0.1) is 5.82 Å². The highest BCUT2D eigenvalue weighted by Gasteiger charge is 2.07. The molecule has 3 nitrogen and oxygen atoms in total. The molecule has 0 saturated carbocycles. The number of hydrogen-bond donors (Lipinski definition) is 1. The third-order valence-corrected chi connectivity index (χ3v) is 3.64. The van der Waals surface area contributed by atoms with Crippen LogP contribution in [0.5, 0.6) is 0 Å². The third kappa shape index (κ3) is 4.79. The molecule has 21 heavy (non-hydrogen) atoms. The van der Waals surface area contributed by atoms with E-state index in [9.17, 15) is 13.4 Å². The van der Waals surface area contributed by atoms with Gasteiger partial charge in [0.15, 0.2) is 0 Å². The molecule has 1 unspecified atom stereocenters. The Morgan fingerprint density at radius 3 is 2.57 bits per heavy atom. The molecule has 0 saturated heterocycles. The van der Waals surface area contributed by atoms with Crippen molar-refractivity contribution in [2.45, 2.75) is 12.3 Å². The first-order valence-corrected chi connectivity index (χ1v) is 8.19.